The number of para-hydroxylation sites is 1. The molecular weight excluding hydrogens is 383 g/mol. The lowest BCUT2D eigenvalue weighted by Gasteiger charge is -2.05. The molecule has 0 spiro atoms. The number of amides is 1. The number of aromatic nitrogens is 1. The van der Waals surface area contributed by atoms with Crippen LogP contribution in [0.5, 0.6) is 5.75 Å². The molecular formula is C20H19FN2O4S. The number of carbonyl (C=O) groups excluding carboxylic acids is 2. The molecule has 0 saturated heterocycles. The highest BCUT2D eigenvalue weighted by Gasteiger charge is 2.15. The van der Waals surface area contributed by atoms with E-state index in [2.05, 4.69) is 4.99 Å². The van der Waals surface area contributed by atoms with Crippen LogP contribution < -0.4 is 9.54 Å². The van der Waals surface area contributed by atoms with E-state index in [0.717, 1.165) is 16.9 Å². The number of halogens is 1. The average Bonchev–Trinajstić information content (AvgIpc) is 3.00. The summed E-state index contributed by atoms with van der Waals surface area (Å²) >= 11 is 1.15. The van der Waals surface area contributed by atoms with Crippen molar-refractivity contribution in [2.75, 3.05) is 13.7 Å². The SMILES string of the molecule is CCOC(=O)Cn1c(=NC(=O)Cc2cccc(OC)c2)sc2cccc(F)c21. The monoisotopic (exact) mass is 402 g/mol. The quantitative estimate of drug-likeness (QED) is 0.594. The number of nitrogens with zero attached hydrogens (tertiary/aromatic N) is 2. The van der Waals surface area contributed by atoms with Gasteiger partial charge in [-0.15, -0.1) is 0 Å². The van der Waals surface area contributed by atoms with Gasteiger partial charge in [0.15, 0.2) is 4.80 Å². The number of ether oxygens (including phenoxy) is 2. The minimum Gasteiger partial charge on any atom is -0.497 e. The molecule has 0 saturated carbocycles. The van der Waals surface area contributed by atoms with Gasteiger partial charge in [0.2, 0.25) is 0 Å². The van der Waals surface area contributed by atoms with Crippen LogP contribution in [-0.2, 0) is 27.3 Å². The van der Waals surface area contributed by atoms with E-state index in [0.29, 0.717) is 10.4 Å². The third-order valence-corrected chi connectivity index (χ3v) is 5.00. The van der Waals surface area contributed by atoms with Crippen LogP contribution in [0.4, 0.5) is 4.39 Å². The van der Waals surface area contributed by atoms with E-state index in [1.54, 1.807) is 50.4 Å². The molecule has 0 unspecified atom stereocenters. The number of esters is 1. The lowest BCUT2D eigenvalue weighted by Crippen LogP contribution is -2.23. The molecule has 0 aliphatic carbocycles. The maximum Gasteiger partial charge on any atom is 0.326 e. The minimum atomic E-state index is -0.521. The first kappa shape index (κ1) is 19.8. The van der Waals surface area contributed by atoms with Gasteiger partial charge in [-0.2, -0.15) is 4.99 Å². The van der Waals surface area contributed by atoms with Gasteiger partial charge in [-0.05, 0) is 36.8 Å². The molecule has 0 bridgehead atoms. The largest absolute Gasteiger partial charge is 0.497 e. The molecule has 28 heavy (non-hydrogen) atoms. The molecule has 8 heteroatoms. The molecule has 146 valence electrons. The summed E-state index contributed by atoms with van der Waals surface area (Å²) in [5, 5.41) is 0. The second kappa shape index (κ2) is 8.79. The van der Waals surface area contributed by atoms with Crippen molar-refractivity contribution in [3.05, 3.63) is 58.6 Å². The fraction of sp³-hybridized carbons (Fsp3) is 0.250. The summed E-state index contributed by atoms with van der Waals surface area (Å²) in [6, 6.07) is 11.7. The van der Waals surface area contributed by atoms with E-state index < -0.39 is 17.7 Å². The Hall–Kier alpha value is -3.00. The minimum absolute atomic E-state index is 0.0628. The van der Waals surface area contributed by atoms with Crippen molar-refractivity contribution >= 4 is 33.4 Å². The van der Waals surface area contributed by atoms with Gasteiger partial charge in [0.05, 0.1) is 30.4 Å². The van der Waals surface area contributed by atoms with Gasteiger partial charge in [-0.1, -0.05) is 29.5 Å². The molecule has 0 aliphatic heterocycles. The van der Waals surface area contributed by atoms with Crippen LogP contribution in [0.2, 0.25) is 0 Å². The van der Waals surface area contributed by atoms with Crippen molar-refractivity contribution in [2.45, 2.75) is 19.9 Å². The standard InChI is InChI=1S/C20H19FN2O4S/c1-3-27-18(25)12-23-19-15(21)8-5-9-16(19)28-20(23)22-17(24)11-13-6-4-7-14(10-13)26-2/h4-10H,3,11-12H2,1-2H3. The third-order valence-electron chi connectivity index (χ3n) is 3.95. The highest BCUT2D eigenvalue weighted by Crippen LogP contribution is 2.20. The smallest absolute Gasteiger partial charge is 0.326 e. The molecule has 1 aromatic heterocycles. The summed E-state index contributed by atoms with van der Waals surface area (Å²) in [4.78, 5) is 28.8. The number of rotatable bonds is 6. The fourth-order valence-corrected chi connectivity index (χ4v) is 3.82. The Morgan fingerprint density at radius 3 is 2.75 bits per heavy atom. The zero-order valence-corrected chi connectivity index (χ0v) is 16.3. The van der Waals surface area contributed by atoms with Crippen molar-refractivity contribution in [3.63, 3.8) is 0 Å². The van der Waals surface area contributed by atoms with Gasteiger partial charge in [0.1, 0.15) is 18.1 Å². The summed E-state index contributed by atoms with van der Waals surface area (Å²) in [6.07, 6.45) is 0.0628. The van der Waals surface area contributed by atoms with Crippen LogP contribution in [0, 0.1) is 5.82 Å². The number of methoxy groups -OCH3 is 1. The summed E-state index contributed by atoms with van der Waals surface area (Å²) in [6.45, 7) is 1.68. The van der Waals surface area contributed by atoms with Gasteiger partial charge in [0.25, 0.3) is 5.91 Å². The number of fused-ring (bicyclic) bond motifs is 1. The molecule has 0 N–H and O–H groups in total. The maximum absolute atomic E-state index is 14.4. The van der Waals surface area contributed by atoms with Crippen molar-refractivity contribution < 1.29 is 23.5 Å². The zero-order chi connectivity index (χ0) is 20.1. The first-order valence-electron chi connectivity index (χ1n) is 8.65. The van der Waals surface area contributed by atoms with Crippen LogP contribution in [-0.4, -0.2) is 30.2 Å². The Morgan fingerprint density at radius 1 is 1.21 bits per heavy atom. The maximum atomic E-state index is 14.4. The predicted molar refractivity (Wildman–Crippen MR) is 104 cm³/mol. The second-order valence-corrected chi connectivity index (χ2v) is 6.91. The summed E-state index contributed by atoms with van der Waals surface area (Å²) in [5.41, 5.74) is 0.978. The van der Waals surface area contributed by atoms with E-state index >= 15 is 0 Å². The molecule has 0 radical (unpaired) electrons. The highest BCUT2D eigenvalue weighted by atomic mass is 32.1. The molecule has 3 rings (SSSR count). The first-order valence-corrected chi connectivity index (χ1v) is 9.47. The first-order chi connectivity index (χ1) is 13.5. The fourth-order valence-electron chi connectivity index (χ4n) is 2.76. The van der Waals surface area contributed by atoms with Crippen molar-refractivity contribution in [2.24, 2.45) is 4.99 Å². The number of hydrogen-bond acceptors (Lipinski definition) is 5. The number of hydrogen-bond donors (Lipinski definition) is 0. The van der Waals surface area contributed by atoms with E-state index in [4.69, 9.17) is 9.47 Å². The normalized spacial score (nSPS) is 11.6. The topological polar surface area (TPSA) is 69.9 Å². The molecule has 2 aromatic carbocycles. The van der Waals surface area contributed by atoms with Crippen LogP contribution in [0.25, 0.3) is 10.2 Å². The summed E-state index contributed by atoms with van der Waals surface area (Å²) in [7, 11) is 1.55. The van der Waals surface area contributed by atoms with Gasteiger partial charge in [-0.3, -0.25) is 9.59 Å². The molecule has 1 amide bonds. The molecule has 6 nitrogen and oxygen atoms in total. The molecule has 3 aromatic rings. The zero-order valence-electron chi connectivity index (χ0n) is 15.5. The van der Waals surface area contributed by atoms with Crippen LogP contribution in [0.15, 0.2) is 47.5 Å². The Bertz CT molecular complexity index is 1090. The van der Waals surface area contributed by atoms with E-state index in [9.17, 15) is 14.0 Å². The van der Waals surface area contributed by atoms with Gasteiger partial charge in [0, 0.05) is 0 Å². The Kier molecular flexibility index (Phi) is 6.20. The van der Waals surface area contributed by atoms with Gasteiger partial charge in [-0.25, -0.2) is 4.39 Å². The summed E-state index contributed by atoms with van der Waals surface area (Å²) in [5.74, 6) is -0.767. The van der Waals surface area contributed by atoms with Gasteiger partial charge >= 0.3 is 5.97 Å². The molecule has 0 fully saturated rings. The Labute approximate surface area is 164 Å². The predicted octanol–water partition coefficient (Wildman–Crippen LogP) is 3.08. The number of carbonyl (C=O) groups is 2. The highest BCUT2D eigenvalue weighted by molar-refractivity contribution is 7.16. The van der Waals surface area contributed by atoms with E-state index in [1.165, 1.54) is 10.6 Å². The Morgan fingerprint density at radius 2 is 2.00 bits per heavy atom. The molecule has 1 heterocycles. The molecule has 0 aliphatic rings. The molecule has 0 atom stereocenters. The van der Waals surface area contributed by atoms with Crippen molar-refractivity contribution in [3.8, 4) is 5.75 Å². The second-order valence-electron chi connectivity index (χ2n) is 5.90. The van der Waals surface area contributed by atoms with E-state index in [-0.39, 0.29) is 29.9 Å². The summed E-state index contributed by atoms with van der Waals surface area (Å²) < 4.78 is 26.5. The number of benzene rings is 2. The lowest BCUT2D eigenvalue weighted by molar-refractivity contribution is -0.143. The number of thiazole rings is 1. The lowest BCUT2D eigenvalue weighted by atomic mass is 10.1. The van der Waals surface area contributed by atoms with Crippen LogP contribution >= 0.6 is 11.3 Å². The third kappa shape index (κ3) is 4.45. The Balaban J connectivity index is 1.99. The van der Waals surface area contributed by atoms with Crippen molar-refractivity contribution in [1.82, 2.24) is 4.57 Å². The van der Waals surface area contributed by atoms with Crippen LogP contribution in [0.3, 0.4) is 0 Å². The van der Waals surface area contributed by atoms with Gasteiger partial charge < -0.3 is 14.0 Å². The van der Waals surface area contributed by atoms with Crippen LogP contribution in [0.1, 0.15) is 12.5 Å². The van der Waals surface area contributed by atoms with Crippen molar-refractivity contribution in [1.29, 1.82) is 0 Å². The average molecular weight is 402 g/mol. The van der Waals surface area contributed by atoms with E-state index in [1.807, 2.05) is 0 Å².